The third kappa shape index (κ3) is 3.95. The molecule has 3 heteroatoms. The molecule has 0 aromatic rings. The zero-order chi connectivity index (χ0) is 9.28. The molecule has 0 rings (SSSR count). The Bertz CT molecular complexity index is 107. The van der Waals surface area contributed by atoms with Crippen molar-refractivity contribution in [2.75, 3.05) is 0 Å². The van der Waals surface area contributed by atoms with E-state index in [1.54, 1.807) is 5.21 Å². The quantitative estimate of drug-likeness (QED) is 0.674. The van der Waals surface area contributed by atoms with Gasteiger partial charge in [-0.05, 0) is 0 Å². The van der Waals surface area contributed by atoms with Crippen LogP contribution in [0.3, 0.4) is 0 Å². The van der Waals surface area contributed by atoms with Crippen LogP contribution in [-0.2, 0) is 0 Å². The van der Waals surface area contributed by atoms with E-state index in [0.717, 1.165) is 0 Å². The van der Waals surface area contributed by atoms with Crippen LogP contribution < -0.4 is 0 Å². The summed E-state index contributed by atoms with van der Waals surface area (Å²) in [4.78, 5) is 0. The second kappa shape index (κ2) is 3.80. The van der Waals surface area contributed by atoms with Gasteiger partial charge in [0.05, 0.1) is 0 Å². The molecule has 0 N–H and O–H groups in total. The predicted molar refractivity (Wildman–Crippen MR) is 62.9 cm³/mol. The molecule has 0 spiro atoms. The molecule has 0 saturated carbocycles. The van der Waals surface area contributed by atoms with E-state index < -0.39 is 13.1 Å². The fourth-order valence-electron chi connectivity index (χ4n) is 1.95. The van der Waals surface area contributed by atoms with E-state index in [2.05, 4.69) is 46.2 Å². The first-order valence-electron chi connectivity index (χ1n) is 4.47. The second-order valence-electron chi connectivity index (χ2n) is 5.09. The Morgan fingerprint density at radius 2 is 1.09 bits per heavy atom. The molecule has 0 aliphatic carbocycles. The predicted octanol–water partition coefficient (Wildman–Crippen LogP) is 3.33. The molecule has 0 fully saturated rings. The summed E-state index contributed by atoms with van der Waals surface area (Å²) in [6.07, 6.45) is 0. The topological polar surface area (TPSA) is 0 Å². The standard InChI is InChI=1S/C8H23AsSi2/c1-8-9(10(2,3)4)11(5,6)7/h8H2,1-7H3. The van der Waals surface area contributed by atoms with Crippen LogP contribution in [0.5, 0.6) is 0 Å². The van der Waals surface area contributed by atoms with Gasteiger partial charge in [0.25, 0.3) is 0 Å². The number of rotatable bonds is 3. The van der Waals surface area contributed by atoms with Gasteiger partial charge in [0.2, 0.25) is 0 Å². The van der Waals surface area contributed by atoms with E-state index in [9.17, 15) is 0 Å². The molecule has 0 saturated heterocycles. The van der Waals surface area contributed by atoms with Crippen molar-refractivity contribution in [2.45, 2.75) is 51.4 Å². The van der Waals surface area contributed by atoms with E-state index in [1.165, 1.54) is 0 Å². The van der Waals surface area contributed by atoms with Gasteiger partial charge in [0, 0.05) is 0 Å². The summed E-state index contributed by atoms with van der Waals surface area (Å²) in [7, 11) is 0. The minimum absolute atomic E-state index is 0.382. The Morgan fingerprint density at radius 1 is 0.818 bits per heavy atom. The summed E-state index contributed by atoms with van der Waals surface area (Å²) in [5.41, 5.74) is 0. The van der Waals surface area contributed by atoms with Gasteiger partial charge in [0.1, 0.15) is 0 Å². The van der Waals surface area contributed by atoms with Crippen LogP contribution in [0.4, 0.5) is 0 Å². The van der Waals surface area contributed by atoms with Crippen molar-refractivity contribution in [3.05, 3.63) is 0 Å². The second-order valence-corrected chi connectivity index (χ2v) is 41.7. The first-order valence-corrected chi connectivity index (χ1v) is 18.3. The van der Waals surface area contributed by atoms with Gasteiger partial charge in [0.15, 0.2) is 0 Å². The van der Waals surface area contributed by atoms with Gasteiger partial charge in [-0.15, -0.1) is 0 Å². The molecule has 0 aliphatic rings. The molecule has 0 atom stereocenters. The Hall–Kier alpha value is 0.992. The first-order chi connectivity index (χ1) is 4.69. The van der Waals surface area contributed by atoms with Gasteiger partial charge < -0.3 is 0 Å². The fourth-order valence-corrected chi connectivity index (χ4v) is 61.8. The molecule has 0 aliphatic heterocycles. The minimum atomic E-state index is -0.715. The monoisotopic (exact) mass is 250 g/mol. The molecule has 68 valence electrons. The summed E-state index contributed by atoms with van der Waals surface area (Å²) >= 11 is -0.382. The van der Waals surface area contributed by atoms with Gasteiger partial charge in [-0.2, -0.15) is 0 Å². The molecule has 0 radical (unpaired) electrons. The van der Waals surface area contributed by atoms with Gasteiger partial charge in [-0.3, -0.25) is 0 Å². The molecular formula is C8H23AsSi2. The molecule has 0 aromatic carbocycles. The van der Waals surface area contributed by atoms with Crippen LogP contribution in [0.15, 0.2) is 0 Å². The van der Waals surface area contributed by atoms with E-state index in [4.69, 9.17) is 0 Å². The molecule has 0 nitrogen and oxygen atoms in total. The fraction of sp³-hybridized carbons (Fsp3) is 1.00. The van der Waals surface area contributed by atoms with Crippen LogP contribution >= 0.6 is 0 Å². The maximum absolute atomic E-state index is 2.58. The molecule has 0 amide bonds. The molecule has 0 aromatic heterocycles. The number of hydrogen-bond acceptors (Lipinski definition) is 0. The normalized spacial score (nSPS) is 14.2. The summed E-state index contributed by atoms with van der Waals surface area (Å²) in [6, 6.07) is 0. The van der Waals surface area contributed by atoms with Gasteiger partial charge >= 0.3 is 77.8 Å². The van der Waals surface area contributed by atoms with E-state index >= 15 is 0 Å². The summed E-state index contributed by atoms with van der Waals surface area (Å²) in [5.74, 6) is 0. The van der Waals surface area contributed by atoms with Crippen LogP contribution in [0.25, 0.3) is 0 Å². The molecule has 11 heavy (non-hydrogen) atoms. The maximum atomic E-state index is 2.58. The van der Waals surface area contributed by atoms with Crippen molar-refractivity contribution in [2.24, 2.45) is 0 Å². The summed E-state index contributed by atoms with van der Waals surface area (Å²) in [5, 5.41) is 1.55. The SMILES string of the molecule is CC[As]([Si](C)(C)C)[Si](C)(C)C. The van der Waals surface area contributed by atoms with E-state index in [0.29, 0.717) is 0 Å². The van der Waals surface area contributed by atoms with Crippen molar-refractivity contribution in [1.29, 1.82) is 0 Å². The molecule has 0 bridgehead atoms. The van der Waals surface area contributed by atoms with Crippen molar-refractivity contribution in [3.8, 4) is 0 Å². The molecular weight excluding hydrogens is 227 g/mol. The summed E-state index contributed by atoms with van der Waals surface area (Å²) < 4.78 is 0. The van der Waals surface area contributed by atoms with Crippen molar-refractivity contribution < 1.29 is 0 Å². The average molecular weight is 250 g/mol. The van der Waals surface area contributed by atoms with Crippen LogP contribution in [-0.4, -0.2) is 26.4 Å². The van der Waals surface area contributed by atoms with Crippen LogP contribution in [0.1, 0.15) is 6.92 Å². The van der Waals surface area contributed by atoms with E-state index in [1.807, 2.05) is 0 Å². The van der Waals surface area contributed by atoms with Crippen LogP contribution in [0, 0.1) is 0 Å². The van der Waals surface area contributed by atoms with Gasteiger partial charge in [-0.25, -0.2) is 0 Å². The third-order valence-electron chi connectivity index (χ3n) is 1.94. The first kappa shape index (κ1) is 12.0. The summed E-state index contributed by atoms with van der Waals surface area (Å²) in [6.45, 7) is 16.5. The van der Waals surface area contributed by atoms with Crippen molar-refractivity contribution >= 4 is 26.4 Å². The Labute approximate surface area is 77.8 Å². The van der Waals surface area contributed by atoms with Gasteiger partial charge in [-0.1, -0.05) is 0 Å². The Kier molecular flexibility index (Phi) is 4.14. The molecule has 0 heterocycles. The zero-order valence-electron chi connectivity index (χ0n) is 9.15. The zero-order valence-corrected chi connectivity index (χ0v) is 13.0. The van der Waals surface area contributed by atoms with Crippen molar-refractivity contribution in [3.63, 3.8) is 0 Å². The molecule has 0 unspecified atom stereocenters. The van der Waals surface area contributed by atoms with Crippen molar-refractivity contribution in [1.82, 2.24) is 0 Å². The third-order valence-corrected chi connectivity index (χ3v) is 51.1. The Balaban J connectivity index is 4.43. The van der Waals surface area contributed by atoms with E-state index in [-0.39, 0.29) is 13.3 Å². The average Bonchev–Trinajstić information content (AvgIpc) is 1.56. The number of hydrogen-bond donors (Lipinski definition) is 0. The Morgan fingerprint density at radius 3 is 1.09 bits per heavy atom. The van der Waals surface area contributed by atoms with Crippen LogP contribution in [0.2, 0.25) is 44.5 Å².